The highest BCUT2D eigenvalue weighted by molar-refractivity contribution is 7.89. The molecule has 4 rings (SSSR count). The van der Waals surface area contributed by atoms with E-state index in [-0.39, 0.29) is 10.5 Å². The number of thiophene rings is 1. The molecular weight excluding hydrogens is 398 g/mol. The Balaban J connectivity index is 1.40. The second kappa shape index (κ2) is 7.81. The zero-order valence-corrected chi connectivity index (χ0v) is 16.5. The summed E-state index contributed by atoms with van der Waals surface area (Å²) >= 11 is 1.54. The Morgan fingerprint density at radius 1 is 1.14 bits per heavy atom. The van der Waals surface area contributed by atoms with Gasteiger partial charge in [0, 0.05) is 26.2 Å². The van der Waals surface area contributed by atoms with Gasteiger partial charge in [-0.15, -0.1) is 11.3 Å². The molecule has 3 aromatic rings. The number of sulfonamides is 1. The van der Waals surface area contributed by atoms with Crippen molar-refractivity contribution < 1.29 is 12.9 Å². The fourth-order valence-corrected chi connectivity index (χ4v) is 5.28. The van der Waals surface area contributed by atoms with Gasteiger partial charge in [-0.3, -0.25) is 4.90 Å². The minimum atomic E-state index is -3.69. The molecule has 28 heavy (non-hydrogen) atoms. The fraction of sp³-hybridized carbons (Fsp3) is 0.278. The van der Waals surface area contributed by atoms with Crippen LogP contribution in [0.4, 0.5) is 0 Å². The lowest BCUT2D eigenvalue weighted by molar-refractivity contribution is 0.163. The second-order valence-corrected chi connectivity index (χ2v) is 9.13. The van der Waals surface area contributed by atoms with E-state index in [0.29, 0.717) is 44.4 Å². The van der Waals surface area contributed by atoms with Gasteiger partial charge in [-0.05, 0) is 23.6 Å². The van der Waals surface area contributed by atoms with Crippen LogP contribution in [-0.2, 0) is 16.6 Å². The summed E-state index contributed by atoms with van der Waals surface area (Å²) in [6.45, 7) is 2.25. The summed E-state index contributed by atoms with van der Waals surface area (Å²) in [6.07, 6.45) is 0. The van der Waals surface area contributed by atoms with Crippen molar-refractivity contribution in [1.82, 2.24) is 19.3 Å². The van der Waals surface area contributed by atoms with E-state index < -0.39 is 10.0 Å². The molecule has 0 spiro atoms. The third-order valence-electron chi connectivity index (χ3n) is 4.53. The molecular formula is C18H17N5O3S2. The maximum Gasteiger partial charge on any atom is 0.244 e. The number of nitriles is 1. The fourth-order valence-electron chi connectivity index (χ4n) is 3.07. The Hall–Kier alpha value is -2.58. The largest absolute Gasteiger partial charge is 0.338 e. The molecule has 0 atom stereocenters. The van der Waals surface area contributed by atoms with Crippen molar-refractivity contribution in [2.45, 2.75) is 11.4 Å². The number of piperazine rings is 1. The first-order valence-electron chi connectivity index (χ1n) is 8.66. The van der Waals surface area contributed by atoms with Crippen LogP contribution in [0.5, 0.6) is 0 Å². The van der Waals surface area contributed by atoms with Crippen LogP contribution in [0.2, 0.25) is 0 Å². The van der Waals surface area contributed by atoms with Gasteiger partial charge in [-0.25, -0.2) is 8.42 Å². The quantitative estimate of drug-likeness (QED) is 0.629. The zero-order chi connectivity index (χ0) is 19.6. The van der Waals surface area contributed by atoms with Crippen molar-refractivity contribution in [2.75, 3.05) is 26.2 Å². The van der Waals surface area contributed by atoms with Crippen LogP contribution in [0.1, 0.15) is 11.5 Å². The first-order valence-corrected chi connectivity index (χ1v) is 11.0. The highest BCUT2D eigenvalue weighted by atomic mass is 32.2. The van der Waals surface area contributed by atoms with Crippen LogP contribution in [0.25, 0.3) is 10.7 Å². The average molecular weight is 416 g/mol. The average Bonchev–Trinajstić information content (AvgIpc) is 3.40. The first-order chi connectivity index (χ1) is 13.6. The van der Waals surface area contributed by atoms with E-state index >= 15 is 0 Å². The molecule has 0 aliphatic carbocycles. The van der Waals surface area contributed by atoms with E-state index in [0.717, 1.165) is 4.88 Å². The van der Waals surface area contributed by atoms with Crippen LogP contribution < -0.4 is 0 Å². The van der Waals surface area contributed by atoms with Crippen molar-refractivity contribution in [3.63, 3.8) is 0 Å². The smallest absolute Gasteiger partial charge is 0.244 e. The van der Waals surface area contributed by atoms with E-state index in [9.17, 15) is 13.7 Å². The molecule has 8 nitrogen and oxygen atoms in total. The third kappa shape index (κ3) is 3.70. The molecule has 0 saturated carbocycles. The van der Waals surface area contributed by atoms with Crippen molar-refractivity contribution >= 4 is 21.4 Å². The van der Waals surface area contributed by atoms with Gasteiger partial charge in [0.05, 0.1) is 21.9 Å². The van der Waals surface area contributed by atoms with Gasteiger partial charge in [0.15, 0.2) is 0 Å². The number of nitrogens with zero attached hydrogens (tertiary/aromatic N) is 5. The number of aromatic nitrogens is 2. The third-order valence-corrected chi connectivity index (χ3v) is 7.35. The minimum Gasteiger partial charge on any atom is -0.338 e. The van der Waals surface area contributed by atoms with E-state index in [1.165, 1.54) is 16.4 Å². The van der Waals surface area contributed by atoms with Crippen molar-refractivity contribution in [2.24, 2.45) is 0 Å². The topological polar surface area (TPSA) is 103 Å². The van der Waals surface area contributed by atoms with Crippen LogP contribution in [0.3, 0.4) is 0 Å². The van der Waals surface area contributed by atoms with Gasteiger partial charge in [0.1, 0.15) is 6.07 Å². The van der Waals surface area contributed by atoms with Crippen LogP contribution in [-0.4, -0.2) is 53.9 Å². The lowest BCUT2D eigenvalue weighted by atomic mass is 10.2. The normalized spacial score (nSPS) is 16.1. The van der Waals surface area contributed by atoms with Gasteiger partial charge in [-0.1, -0.05) is 23.4 Å². The summed E-state index contributed by atoms with van der Waals surface area (Å²) < 4.78 is 32.5. The summed E-state index contributed by atoms with van der Waals surface area (Å²) in [5.74, 6) is 1.08. The molecule has 1 aliphatic rings. The summed E-state index contributed by atoms with van der Waals surface area (Å²) in [6, 6.07) is 12.1. The number of rotatable bonds is 5. The van der Waals surface area contributed by atoms with Gasteiger partial charge >= 0.3 is 0 Å². The van der Waals surface area contributed by atoms with Crippen LogP contribution in [0.15, 0.2) is 51.2 Å². The number of hydrogen-bond acceptors (Lipinski definition) is 8. The Morgan fingerprint density at radius 2 is 1.93 bits per heavy atom. The molecule has 2 aromatic heterocycles. The van der Waals surface area contributed by atoms with E-state index in [4.69, 9.17) is 4.52 Å². The number of benzene rings is 1. The van der Waals surface area contributed by atoms with E-state index in [1.807, 2.05) is 23.6 Å². The highest BCUT2D eigenvalue weighted by Gasteiger charge is 2.30. The molecule has 0 N–H and O–H groups in total. The molecule has 1 saturated heterocycles. The molecule has 0 bridgehead atoms. The van der Waals surface area contributed by atoms with E-state index in [2.05, 4.69) is 15.0 Å². The summed E-state index contributed by atoms with van der Waals surface area (Å²) in [5.41, 5.74) is 0.164. The van der Waals surface area contributed by atoms with E-state index in [1.54, 1.807) is 23.5 Å². The Morgan fingerprint density at radius 3 is 2.64 bits per heavy atom. The standard InChI is InChI=1S/C18H17N5O3S2/c19-12-14-4-1-2-6-16(14)28(24,25)23-9-7-22(8-10-23)13-17-20-18(21-26-17)15-5-3-11-27-15/h1-6,11H,7-10,13H2. The van der Waals surface area contributed by atoms with Crippen molar-refractivity contribution in [3.8, 4) is 16.8 Å². The maximum atomic E-state index is 12.9. The molecule has 0 unspecified atom stereocenters. The lowest BCUT2D eigenvalue weighted by Gasteiger charge is -2.33. The first kappa shape index (κ1) is 18.8. The lowest BCUT2D eigenvalue weighted by Crippen LogP contribution is -2.48. The van der Waals surface area contributed by atoms with Crippen molar-refractivity contribution in [1.29, 1.82) is 5.26 Å². The Labute approximate surface area is 166 Å². The molecule has 1 aliphatic heterocycles. The predicted octanol–water partition coefficient (Wildman–Crippen LogP) is 2.18. The summed E-state index contributed by atoms with van der Waals surface area (Å²) in [5, 5.41) is 15.1. The Bertz CT molecular complexity index is 1090. The maximum absolute atomic E-state index is 12.9. The van der Waals surface area contributed by atoms with Crippen LogP contribution >= 0.6 is 11.3 Å². The Kier molecular flexibility index (Phi) is 5.23. The van der Waals surface area contributed by atoms with Gasteiger partial charge < -0.3 is 4.52 Å². The number of hydrogen-bond donors (Lipinski definition) is 0. The summed E-state index contributed by atoms with van der Waals surface area (Å²) in [4.78, 5) is 7.49. The molecule has 3 heterocycles. The molecule has 0 amide bonds. The summed E-state index contributed by atoms with van der Waals surface area (Å²) in [7, 11) is -3.69. The molecule has 1 fully saturated rings. The van der Waals surface area contributed by atoms with Crippen LogP contribution in [0, 0.1) is 11.3 Å². The molecule has 10 heteroatoms. The minimum absolute atomic E-state index is 0.0587. The SMILES string of the molecule is N#Cc1ccccc1S(=O)(=O)N1CCN(Cc2nc(-c3cccs3)no2)CC1. The van der Waals surface area contributed by atoms with Crippen molar-refractivity contribution in [3.05, 3.63) is 53.2 Å². The highest BCUT2D eigenvalue weighted by Crippen LogP contribution is 2.23. The second-order valence-electron chi connectivity index (χ2n) is 6.28. The van der Waals surface area contributed by atoms with Gasteiger partial charge in [-0.2, -0.15) is 14.6 Å². The molecule has 1 aromatic carbocycles. The predicted molar refractivity (Wildman–Crippen MR) is 103 cm³/mol. The zero-order valence-electron chi connectivity index (χ0n) is 14.9. The molecule has 0 radical (unpaired) electrons. The van der Waals surface area contributed by atoms with Gasteiger partial charge in [0.25, 0.3) is 0 Å². The van der Waals surface area contributed by atoms with Gasteiger partial charge in [0.2, 0.25) is 21.7 Å². The molecule has 144 valence electrons. The monoisotopic (exact) mass is 415 g/mol.